The van der Waals surface area contributed by atoms with Gasteiger partial charge in [-0.15, -0.1) is 11.8 Å². The summed E-state index contributed by atoms with van der Waals surface area (Å²) in [5, 5.41) is 0. The van der Waals surface area contributed by atoms with E-state index in [0.717, 1.165) is 16.2 Å². The van der Waals surface area contributed by atoms with E-state index in [-0.39, 0.29) is 10.8 Å². The summed E-state index contributed by atoms with van der Waals surface area (Å²) < 4.78 is 27.7. The van der Waals surface area contributed by atoms with Crippen LogP contribution in [0.5, 0.6) is 0 Å². The molecule has 0 N–H and O–H groups in total. The lowest BCUT2D eigenvalue weighted by Crippen LogP contribution is -2.34. The van der Waals surface area contributed by atoms with Crippen LogP contribution in [0.25, 0.3) is 0 Å². The van der Waals surface area contributed by atoms with Gasteiger partial charge < -0.3 is 4.90 Å². The van der Waals surface area contributed by atoms with Gasteiger partial charge in [0.1, 0.15) is 0 Å². The molecule has 26 heavy (non-hydrogen) atoms. The van der Waals surface area contributed by atoms with Crippen molar-refractivity contribution < 1.29 is 13.2 Å². The summed E-state index contributed by atoms with van der Waals surface area (Å²) >= 11 is 1.64. The molecule has 0 saturated heterocycles. The van der Waals surface area contributed by atoms with E-state index in [1.807, 2.05) is 37.3 Å². The molecule has 1 amide bonds. The highest BCUT2D eigenvalue weighted by Gasteiger charge is 2.27. The first-order valence-electron chi connectivity index (χ1n) is 8.52. The summed E-state index contributed by atoms with van der Waals surface area (Å²) in [6.07, 6.45) is 0. The molecule has 0 unspecified atom stereocenters. The van der Waals surface area contributed by atoms with Crippen LogP contribution in [0, 0.1) is 0 Å². The van der Waals surface area contributed by atoms with Gasteiger partial charge in [-0.1, -0.05) is 37.3 Å². The van der Waals surface area contributed by atoms with Crippen molar-refractivity contribution in [1.82, 2.24) is 4.31 Å². The highest BCUT2D eigenvalue weighted by atomic mass is 32.2. The molecule has 0 saturated carbocycles. The molecule has 1 heterocycles. The van der Waals surface area contributed by atoms with E-state index in [0.29, 0.717) is 25.3 Å². The number of carbonyl (C=O) groups is 1. The van der Waals surface area contributed by atoms with Gasteiger partial charge >= 0.3 is 0 Å². The van der Waals surface area contributed by atoms with E-state index in [1.54, 1.807) is 34.9 Å². The lowest BCUT2D eigenvalue weighted by atomic mass is 10.2. The maximum Gasteiger partial charge on any atom is 0.243 e. The van der Waals surface area contributed by atoms with E-state index in [1.165, 1.54) is 11.2 Å². The Morgan fingerprint density at radius 2 is 1.92 bits per heavy atom. The van der Waals surface area contributed by atoms with Crippen molar-refractivity contribution in [3.05, 3.63) is 54.1 Å². The minimum atomic E-state index is -3.65. The lowest BCUT2D eigenvalue weighted by molar-refractivity contribution is -0.116. The summed E-state index contributed by atoms with van der Waals surface area (Å²) in [6.45, 7) is 4.63. The number of sulfonamides is 1. The molecule has 1 aliphatic rings. The third kappa shape index (κ3) is 3.79. The molecule has 0 atom stereocenters. The first-order chi connectivity index (χ1) is 12.4. The number of rotatable bonds is 5. The smallest absolute Gasteiger partial charge is 0.243 e. The Morgan fingerprint density at radius 1 is 1.19 bits per heavy atom. The molecule has 2 aromatic rings. The molecule has 5 nitrogen and oxygen atoms in total. The second-order valence-electron chi connectivity index (χ2n) is 6.07. The number of hydrogen-bond donors (Lipinski definition) is 0. The van der Waals surface area contributed by atoms with Crippen LogP contribution in [-0.4, -0.2) is 37.5 Å². The van der Waals surface area contributed by atoms with Crippen LogP contribution >= 0.6 is 11.8 Å². The minimum absolute atomic E-state index is 0.0715. The van der Waals surface area contributed by atoms with Gasteiger partial charge in [-0.05, 0) is 23.8 Å². The van der Waals surface area contributed by atoms with Crippen molar-refractivity contribution >= 4 is 33.4 Å². The van der Waals surface area contributed by atoms with Crippen molar-refractivity contribution in [2.24, 2.45) is 0 Å². The molecule has 0 bridgehead atoms. The fraction of sp³-hybridized carbons (Fsp3) is 0.316. The van der Waals surface area contributed by atoms with Crippen LogP contribution in [-0.2, 0) is 21.4 Å². The average molecular weight is 391 g/mol. The maximum absolute atomic E-state index is 13.1. The van der Waals surface area contributed by atoms with Gasteiger partial charge in [-0.3, -0.25) is 4.79 Å². The van der Waals surface area contributed by atoms with Crippen molar-refractivity contribution in [1.29, 1.82) is 0 Å². The number of fused-ring (bicyclic) bond motifs is 1. The second kappa shape index (κ2) is 7.82. The van der Waals surface area contributed by atoms with Gasteiger partial charge in [0.15, 0.2) is 0 Å². The summed E-state index contributed by atoms with van der Waals surface area (Å²) in [6, 6.07) is 14.6. The van der Waals surface area contributed by atoms with Crippen LogP contribution in [0.3, 0.4) is 0 Å². The van der Waals surface area contributed by atoms with Crippen molar-refractivity contribution in [3.63, 3.8) is 0 Å². The number of thioether (sulfide) groups is 1. The molecule has 3 rings (SSSR count). The van der Waals surface area contributed by atoms with E-state index >= 15 is 0 Å². The first kappa shape index (κ1) is 18.9. The SMILES string of the molecule is CCN(Cc1ccccc1)S(=O)(=O)c1ccc2c(c1)N(C(C)=O)CCS2. The topological polar surface area (TPSA) is 57.7 Å². The standard InChI is InChI=1S/C19H22N2O3S2/c1-3-20(14-16-7-5-4-6-8-16)26(23,24)17-9-10-19-18(13-17)21(15(2)22)11-12-25-19/h4-10,13H,3,11-12,14H2,1-2H3. The molecule has 1 aliphatic heterocycles. The van der Waals surface area contributed by atoms with Crippen molar-refractivity contribution in [2.45, 2.75) is 30.2 Å². The molecule has 0 aliphatic carbocycles. The average Bonchev–Trinajstić information content (AvgIpc) is 2.65. The number of nitrogens with zero attached hydrogens (tertiary/aromatic N) is 2. The zero-order valence-corrected chi connectivity index (χ0v) is 16.5. The fourth-order valence-corrected chi connectivity index (χ4v) is 5.42. The summed E-state index contributed by atoms with van der Waals surface area (Å²) in [5.74, 6) is 0.742. The van der Waals surface area contributed by atoms with Crippen LogP contribution in [0.2, 0.25) is 0 Å². The zero-order valence-electron chi connectivity index (χ0n) is 14.9. The lowest BCUT2D eigenvalue weighted by Gasteiger charge is -2.29. The molecular weight excluding hydrogens is 368 g/mol. The Bertz CT molecular complexity index is 898. The third-order valence-corrected chi connectivity index (χ3v) is 7.33. The van der Waals surface area contributed by atoms with E-state index in [2.05, 4.69) is 0 Å². The second-order valence-corrected chi connectivity index (χ2v) is 9.14. The fourth-order valence-electron chi connectivity index (χ4n) is 2.99. The minimum Gasteiger partial charge on any atom is -0.311 e. The predicted octanol–water partition coefficient (Wildman–Crippen LogP) is 3.36. The number of carbonyl (C=O) groups excluding carboxylic acids is 1. The number of benzene rings is 2. The molecule has 2 aromatic carbocycles. The Hall–Kier alpha value is -1.83. The number of anilines is 1. The predicted molar refractivity (Wildman–Crippen MR) is 105 cm³/mol. The van der Waals surface area contributed by atoms with Gasteiger partial charge in [0.05, 0.1) is 10.6 Å². The molecule has 0 radical (unpaired) electrons. The van der Waals surface area contributed by atoms with Gasteiger partial charge in [-0.25, -0.2) is 8.42 Å². The van der Waals surface area contributed by atoms with E-state index in [4.69, 9.17) is 0 Å². The quantitative estimate of drug-likeness (QED) is 0.786. The Balaban J connectivity index is 1.96. The highest BCUT2D eigenvalue weighted by Crippen LogP contribution is 2.37. The number of hydrogen-bond acceptors (Lipinski definition) is 4. The summed E-state index contributed by atoms with van der Waals surface area (Å²) in [5.41, 5.74) is 1.63. The molecular formula is C19H22N2O3S2. The van der Waals surface area contributed by atoms with E-state index in [9.17, 15) is 13.2 Å². The van der Waals surface area contributed by atoms with Crippen LogP contribution < -0.4 is 4.90 Å². The van der Waals surface area contributed by atoms with Gasteiger partial charge in [0.2, 0.25) is 15.9 Å². The molecule has 138 valence electrons. The van der Waals surface area contributed by atoms with Crippen LogP contribution in [0.4, 0.5) is 5.69 Å². The van der Waals surface area contributed by atoms with Crippen molar-refractivity contribution in [3.8, 4) is 0 Å². The zero-order chi connectivity index (χ0) is 18.7. The molecule has 7 heteroatoms. The normalized spacial score (nSPS) is 14.3. The molecule has 0 spiro atoms. The Kier molecular flexibility index (Phi) is 5.70. The van der Waals surface area contributed by atoms with E-state index < -0.39 is 10.0 Å². The Labute approximate surface area is 159 Å². The summed E-state index contributed by atoms with van der Waals surface area (Å²) in [4.78, 5) is 14.7. The third-order valence-electron chi connectivity index (χ3n) is 4.37. The molecule has 0 aromatic heterocycles. The van der Waals surface area contributed by atoms with Crippen molar-refractivity contribution in [2.75, 3.05) is 23.7 Å². The monoisotopic (exact) mass is 390 g/mol. The maximum atomic E-state index is 13.1. The Morgan fingerprint density at radius 3 is 2.58 bits per heavy atom. The highest BCUT2D eigenvalue weighted by molar-refractivity contribution is 7.99. The van der Waals surface area contributed by atoms with Crippen LogP contribution in [0.1, 0.15) is 19.4 Å². The van der Waals surface area contributed by atoms with Crippen LogP contribution in [0.15, 0.2) is 58.3 Å². The largest absolute Gasteiger partial charge is 0.311 e. The molecule has 0 fully saturated rings. The van der Waals surface area contributed by atoms with Gasteiger partial charge in [0, 0.05) is 37.2 Å². The summed E-state index contributed by atoms with van der Waals surface area (Å²) in [7, 11) is -3.65. The van der Waals surface area contributed by atoms with Gasteiger partial charge in [-0.2, -0.15) is 4.31 Å². The first-order valence-corrected chi connectivity index (χ1v) is 10.9. The number of amides is 1. The van der Waals surface area contributed by atoms with Gasteiger partial charge in [0.25, 0.3) is 0 Å².